The molecule has 3 aromatic rings. The molecule has 1 saturated carbocycles. The normalized spacial score (nSPS) is 14.7. The molecule has 0 radical (unpaired) electrons. The second kappa shape index (κ2) is 10.3. The molecule has 0 bridgehead atoms. The van der Waals surface area contributed by atoms with Gasteiger partial charge >= 0.3 is 6.61 Å². The van der Waals surface area contributed by atoms with Gasteiger partial charge in [0.2, 0.25) is 0 Å². The van der Waals surface area contributed by atoms with Gasteiger partial charge in [0.05, 0.1) is 0 Å². The zero-order chi connectivity index (χ0) is 22.5. The lowest BCUT2D eigenvalue weighted by Gasteiger charge is -2.25. The monoisotopic (exact) mass is 458 g/mol. The molecule has 32 heavy (non-hydrogen) atoms. The molecule has 1 aliphatic rings. The second-order valence-electron chi connectivity index (χ2n) is 8.22. The highest BCUT2D eigenvalue weighted by Gasteiger charge is 2.24. The van der Waals surface area contributed by atoms with Gasteiger partial charge in [-0.05, 0) is 54.8 Å². The highest BCUT2D eigenvalue weighted by Crippen LogP contribution is 2.36. The Morgan fingerprint density at radius 1 is 1.00 bits per heavy atom. The Morgan fingerprint density at radius 3 is 2.31 bits per heavy atom. The molecule has 1 aliphatic carbocycles. The third kappa shape index (κ3) is 5.41. The van der Waals surface area contributed by atoms with Gasteiger partial charge in [-0.15, -0.1) is 10.2 Å². The van der Waals surface area contributed by atoms with Crippen molar-refractivity contribution in [2.45, 2.75) is 55.7 Å². The third-order valence-corrected chi connectivity index (χ3v) is 6.78. The highest BCUT2D eigenvalue weighted by molar-refractivity contribution is 7.98. The van der Waals surface area contributed by atoms with Gasteiger partial charge in [0.1, 0.15) is 5.75 Å². The van der Waals surface area contributed by atoms with Gasteiger partial charge in [0, 0.05) is 37.1 Å². The molecule has 1 fully saturated rings. The fourth-order valence-corrected chi connectivity index (χ4v) is 5.03. The second-order valence-corrected chi connectivity index (χ2v) is 9.16. The maximum atomic E-state index is 12.4. The summed E-state index contributed by atoms with van der Waals surface area (Å²) < 4.78 is 31.5. The van der Waals surface area contributed by atoms with Crippen molar-refractivity contribution in [2.75, 3.05) is 19.0 Å². The average Bonchev–Trinajstić information content (AvgIpc) is 3.23. The third-order valence-electron chi connectivity index (χ3n) is 5.76. The SMILES string of the molecule is CN(C)c1ccc(-c2nnc(SCc3ccc(OC(F)F)cc3)n2C2CCCCC2)cc1. The number of aromatic nitrogens is 3. The van der Waals surface area contributed by atoms with E-state index in [1.54, 1.807) is 23.9 Å². The number of hydrogen-bond donors (Lipinski definition) is 0. The molecular formula is C24H28F2N4OS. The Bertz CT molecular complexity index is 1000. The predicted octanol–water partition coefficient (Wildman–Crippen LogP) is 6.41. The van der Waals surface area contributed by atoms with E-state index in [2.05, 4.69) is 48.7 Å². The van der Waals surface area contributed by atoms with E-state index >= 15 is 0 Å². The van der Waals surface area contributed by atoms with Crippen LogP contribution in [0.1, 0.15) is 43.7 Å². The molecule has 1 aromatic heterocycles. The van der Waals surface area contributed by atoms with Crippen molar-refractivity contribution in [1.82, 2.24) is 14.8 Å². The maximum absolute atomic E-state index is 12.4. The number of nitrogens with zero attached hydrogens (tertiary/aromatic N) is 4. The number of benzene rings is 2. The van der Waals surface area contributed by atoms with Crippen LogP contribution in [0, 0.1) is 0 Å². The number of halogens is 2. The molecular weight excluding hydrogens is 430 g/mol. The molecule has 0 aliphatic heterocycles. The highest BCUT2D eigenvalue weighted by atomic mass is 32.2. The van der Waals surface area contributed by atoms with E-state index in [0.717, 1.165) is 40.6 Å². The van der Waals surface area contributed by atoms with Crippen LogP contribution in [0.25, 0.3) is 11.4 Å². The van der Waals surface area contributed by atoms with E-state index in [0.29, 0.717) is 11.8 Å². The van der Waals surface area contributed by atoms with Crippen LogP contribution in [-0.4, -0.2) is 35.5 Å². The zero-order valence-electron chi connectivity index (χ0n) is 18.4. The van der Waals surface area contributed by atoms with Crippen molar-refractivity contribution in [2.24, 2.45) is 0 Å². The van der Waals surface area contributed by atoms with Gasteiger partial charge in [-0.1, -0.05) is 43.2 Å². The number of hydrogen-bond acceptors (Lipinski definition) is 5. The summed E-state index contributed by atoms with van der Waals surface area (Å²) in [5.74, 6) is 1.76. The number of anilines is 1. The summed E-state index contributed by atoms with van der Waals surface area (Å²) in [6, 6.07) is 15.6. The van der Waals surface area contributed by atoms with E-state index in [1.807, 2.05) is 26.2 Å². The topological polar surface area (TPSA) is 43.2 Å². The molecule has 0 amide bonds. The first-order valence-corrected chi connectivity index (χ1v) is 11.9. The van der Waals surface area contributed by atoms with E-state index in [9.17, 15) is 8.78 Å². The predicted molar refractivity (Wildman–Crippen MR) is 125 cm³/mol. The lowest BCUT2D eigenvalue weighted by molar-refractivity contribution is -0.0498. The van der Waals surface area contributed by atoms with Crippen molar-refractivity contribution in [3.05, 3.63) is 54.1 Å². The first-order chi connectivity index (χ1) is 15.5. The number of rotatable bonds is 8. The minimum atomic E-state index is -2.81. The molecule has 0 saturated heterocycles. The Hall–Kier alpha value is -2.61. The first kappa shape index (κ1) is 22.6. The maximum Gasteiger partial charge on any atom is 0.387 e. The molecule has 0 atom stereocenters. The summed E-state index contributed by atoms with van der Waals surface area (Å²) in [6.07, 6.45) is 5.98. The Kier molecular flexibility index (Phi) is 7.29. The van der Waals surface area contributed by atoms with Crippen LogP contribution in [0.5, 0.6) is 5.75 Å². The van der Waals surface area contributed by atoms with Gasteiger partial charge in [-0.2, -0.15) is 8.78 Å². The Morgan fingerprint density at radius 2 is 1.69 bits per heavy atom. The summed E-state index contributed by atoms with van der Waals surface area (Å²) in [5.41, 5.74) is 3.23. The van der Waals surface area contributed by atoms with Crippen LogP contribution in [0.15, 0.2) is 53.7 Å². The van der Waals surface area contributed by atoms with Gasteiger partial charge in [0.15, 0.2) is 11.0 Å². The molecule has 170 valence electrons. The molecule has 0 spiro atoms. The van der Waals surface area contributed by atoms with E-state index in [-0.39, 0.29) is 5.75 Å². The summed E-state index contributed by atoms with van der Waals surface area (Å²) in [5, 5.41) is 10.0. The fraction of sp³-hybridized carbons (Fsp3) is 0.417. The lowest BCUT2D eigenvalue weighted by Crippen LogP contribution is -2.15. The Balaban J connectivity index is 1.56. The van der Waals surface area contributed by atoms with Crippen LogP contribution in [0.4, 0.5) is 14.5 Å². The number of alkyl halides is 2. The fourth-order valence-electron chi connectivity index (χ4n) is 4.06. The van der Waals surface area contributed by atoms with Crippen molar-refractivity contribution in [3.63, 3.8) is 0 Å². The molecule has 1 heterocycles. The van der Waals surface area contributed by atoms with Gasteiger partial charge in [-0.25, -0.2) is 0 Å². The lowest BCUT2D eigenvalue weighted by atomic mass is 9.95. The van der Waals surface area contributed by atoms with Gasteiger partial charge in [0.25, 0.3) is 0 Å². The largest absolute Gasteiger partial charge is 0.435 e. The minimum absolute atomic E-state index is 0.169. The van der Waals surface area contributed by atoms with Crippen molar-refractivity contribution in [1.29, 1.82) is 0 Å². The average molecular weight is 459 g/mol. The molecule has 0 N–H and O–H groups in total. The quantitative estimate of drug-likeness (QED) is 0.365. The summed E-state index contributed by atoms with van der Waals surface area (Å²) in [6.45, 7) is -2.81. The van der Waals surface area contributed by atoms with E-state index < -0.39 is 6.61 Å². The summed E-state index contributed by atoms with van der Waals surface area (Å²) in [4.78, 5) is 2.08. The minimum Gasteiger partial charge on any atom is -0.435 e. The molecule has 4 rings (SSSR count). The molecule has 5 nitrogen and oxygen atoms in total. The van der Waals surface area contributed by atoms with Crippen LogP contribution < -0.4 is 9.64 Å². The van der Waals surface area contributed by atoms with E-state index in [4.69, 9.17) is 0 Å². The van der Waals surface area contributed by atoms with Gasteiger partial charge in [-0.3, -0.25) is 4.57 Å². The van der Waals surface area contributed by atoms with Crippen molar-refractivity contribution >= 4 is 17.4 Å². The Labute approximate surface area is 191 Å². The molecule has 2 aromatic carbocycles. The van der Waals surface area contributed by atoms with E-state index in [1.165, 1.54) is 19.3 Å². The van der Waals surface area contributed by atoms with Crippen LogP contribution >= 0.6 is 11.8 Å². The number of ether oxygens (including phenoxy) is 1. The van der Waals surface area contributed by atoms with Crippen LogP contribution in [-0.2, 0) is 5.75 Å². The van der Waals surface area contributed by atoms with Gasteiger partial charge < -0.3 is 9.64 Å². The molecule has 8 heteroatoms. The van der Waals surface area contributed by atoms with Crippen LogP contribution in [0.2, 0.25) is 0 Å². The first-order valence-electron chi connectivity index (χ1n) is 10.9. The summed E-state index contributed by atoms with van der Waals surface area (Å²) in [7, 11) is 4.06. The standard InChI is InChI=1S/C24H28F2N4OS/c1-29(2)19-12-10-18(11-13-19)22-27-28-24(30(22)20-6-4-3-5-7-20)32-16-17-8-14-21(15-9-17)31-23(25)26/h8-15,20,23H,3-7,16H2,1-2H3. The molecule has 0 unspecified atom stereocenters. The zero-order valence-corrected chi connectivity index (χ0v) is 19.2. The van der Waals surface area contributed by atoms with Crippen LogP contribution in [0.3, 0.4) is 0 Å². The smallest absolute Gasteiger partial charge is 0.387 e. The summed E-state index contributed by atoms with van der Waals surface area (Å²) >= 11 is 1.63. The van der Waals surface area contributed by atoms with Crippen molar-refractivity contribution < 1.29 is 13.5 Å². The number of thioether (sulfide) groups is 1. The van der Waals surface area contributed by atoms with Crippen molar-refractivity contribution in [3.8, 4) is 17.1 Å².